The molecule has 90 valence electrons. The predicted octanol–water partition coefficient (Wildman–Crippen LogP) is 4.11. The Kier molecular flexibility index (Phi) is 5.22. The molecule has 0 saturated heterocycles. The third kappa shape index (κ3) is 3.72. The van der Waals surface area contributed by atoms with E-state index in [-0.39, 0.29) is 13.0 Å². The summed E-state index contributed by atoms with van der Waals surface area (Å²) in [4.78, 5) is 0. The predicted molar refractivity (Wildman–Crippen MR) is 70.7 cm³/mol. The van der Waals surface area contributed by atoms with Crippen molar-refractivity contribution in [2.24, 2.45) is 5.73 Å². The minimum absolute atomic E-state index is 0.0350. The fourth-order valence-electron chi connectivity index (χ4n) is 1.72. The third-order valence-corrected chi connectivity index (χ3v) is 3.43. The molecule has 1 atom stereocenters. The lowest BCUT2D eigenvalue weighted by atomic mass is 9.92. The first-order chi connectivity index (χ1) is 7.50. The van der Waals surface area contributed by atoms with Crippen molar-refractivity contribution in [2.45, 2.75) is 31.9 Å². The van der Waals surface area contributed by atoms with E-state index in [0.717, 1.165) is 16.5 Å². The van der Waals surface area contributed by atoms with Crippen LogP contribution in [0.5, 0.6) is 0 Å². The molecule has 0 spiro atoms. The Morgan fingerprint density at radius 1 is 1.50 bits per heavy atom. The Labute approximate surface area is 109 Å². The van der Waals surface area contributed by atoms with Crippen molar-refractivity contribution in [3.05, 3.63) is 33.3 Å². The average molecular weight is 309 g/mol. The molecule has 1 rings (SSSR count). The van der Waals surface area contributed by atoms with E-state index in [1.807, 2.05) is 19.1 Å². The van der Waals surface area contributed by atoms with Crippen molar-refractivity contribution in [1.29, 1.82) is 0 Å². The van der Waals surface area contributed by atoms with Crippen LogP contribution in [0.2, 0.25) is 5.02 Å². The van der Waals surface area contributed by atoms with Crippen molar-refractivity contribution >= 4 is 27.5 Å². The quantitative estimate of drug-likeness (QED) is 0.870. The number of alkyl halides is 1. The first kappa shape index (κ1) is 13.9. The highest BCUT2D eigenvalue weighted by molar-refractivity contribution is 9.10. The van der Waals surface area contributed by atoms with Gasteiger partial charge in [-0.1, -0.05) is 46.9 Å². The van der Waals surface area contributed by atoms with Gasteiger partial charge >= 0.3 is 0 Å². The SMILES string of the molecule is CCCC(F)(CN)Cc1ccc(Br)cc1Cl. The van der Waals surface area contributed by atoms with E-state index < -0.39 is 5.67 Å². The molecule has 0 amide bonds. The maximum absolute atomic E-state index is 14.3. The summed E-state index contributed by atoms with van der Waals surface area (Å²) >= 11 is 9.38. The molecule has 0 aliphatic heterocycles. The lowest BCUT2D eigenvalue weighted by Crippen LogP contribution is -2.35. The summed E-state index contributed by atoms with van der Waals surface area (Å²) in [5.41, 5.74) is 4.96. The summed E-state index contributed by atoms with van der Waals surface area (Å²) in [5.74, 6) is 0. The summed E-state index contributed by atoms with van der Waals surface area (Å²) in [5, 5.41) is 0.584. The van der Waals surface area contributed by atoms with Crippen LogP contribution < -0.4 is 5.73 Å². The fourth-order valence-corrected chi connectivity index (χ4v) is 2.46. The minimum Gasteiger partial charge on any atom is -0.328 e. The van der Waals surface area contributed by atoms with Gasteiger partial charge in [0, 0.05) is 22.5 Å². The molecule has 1 aromatic carbocycles. The number of hydrogen-bond donors (Lipinski definition) is 1. The lowest BCUT2D eigenvalue weighted by molar-refractivity contribution is 0.158. The molecule has 1 unspecified atom stereocenters. The molecule has 0 heterocycles. The molecule has 0 aromatic heterocycles. The first-order valence-electron chi connectivity index (χ1n) is 5.33. The molecule has 0 aliphatic carbocycles. The second-order valence-electron chi connectivity index (χ2n) is 4.02. The molecular weight excluding hydrogens is 292 g/mol. The van der Waals surface area contributed by atoms with Crippen LogP contribution in [0.4, 0.5) is 4.39 Å². The van der Waals surface area contributed by atoms with Gasteiger partial charge in [0.2, 0.25) is 0 Å². The zero-order valence-corrected chi connectivity index (χ0v) is 11.6. The highest BCUT2D eigenvalue weighted by atomic mass is 79.9. The van der Waals surface area contributed by atoms with Crippen molar-refractivity contribution < 1.29 is 4.39 Å². The van der Waals surface area contributed by atoms with Gasteiger partial charge < -0.3 is 5.73 Å². The Morgan fingerprint density at radius 2 is 2.19 bits per heavy atom. The Hall–Kier alpha value is -0.120. The van der Waals surface area contributed by atoms with Crippen LogP contribution in [0.15, 0.2) is 22.7 Å². The second-order valence-corrected chi connectivity index (χ2v) is 5.34. The van der Waals surface area contributed by atoms with E-state index >= 15 is 0 Å². The van der Waals surface area contributed by atoms with Crippen molar-refractivity contribution in [2.75, 3.05) is 6.54 Å². The van der Waals surface area contributed by atoms with Gasteiger partial charge in [-0.2, -0.15) is 0 Å². The van der Waals surface area contributed by atoms with Gasteiger partial charge in [0.15, 0.2) is 0 Å². The third-order valence-electron chi connectivity index (χ3n) is 2.59. The Morgan fingerprint density at radius 3 is 2.69 bits per heavy atom. The molecule has 1 nitrogen and oxygen atoms in total. The van der Waals surface area contributed by atoms with Crippen LogP contribution in [-0.2, 0) is 6.42 Å². The van der Waals surface area contributed by atoms with Gasteiger partial charge in [0.1, 0.15) is 5.67 Å². The maximum atomic E-state index is 14.3. The first-order valence-corrected chi connectivity index (χ1v) is 6.51. The fraction of sp³-hybridized carbons (Fsp3) is 0.500. The van der Waals surface area contributed by atoms with Gasteiger partial charge in [0.05, 0.1) is 0 Å². The topological polar surface area (TPSA) is 26.0 Å². The van der Waals surface area contributed by atoms with Crippen LogP contribution in [0.25, 0.3) is 0 Å². The number of hydrogen-bond acceptors (Lipinski definition) is 1. The summed E-state index contributed by atoms with van der Waals surface area (Å²) < 4.78 is 15.2. The average Bonchev–Trinajstić information content (AvgIpc) is 2.23. The van der Waals surface area contributed by atoms with Crippen molar-refractivity contribution in [3.63, 3.8) is 0 Å². The lowest BCUT2D eigenvalue weighted by Gasteiger charge is -2.23. The van der Waals surface area contributed by atoms with E-state index in [0.29, 0.717) is 11.4 Å². The highest BCUT2D eigenvalue weighted by Crippen LogP contribution is 2.28. The van der Waals surface area contributed by atoms with Crippen molar-refractivity contribution in [1.82, 2.24) is 0 Å². The maximum Gasteiger partial charge on any atom is 0.127 e. The monoisotopic (exact) mass is 307 g/mol. The molecule has 1 aromatic rings. The smallest absolute Gasteiger partial charge is 0.127 e. The number of benzene rings is 1. The van der Waals surface area contributed by atoms with Gasteiger partial charge in [-0.05, 0) is 24.1 Å². The Balaban J connectivity index is 2.85. The molecule has 2 N–H and O–H groups in total. The minimum atomic E-state index is -1.34. The van der Waals surface area contributed by atoms with Crippen LogP contribution in [-0.4, -0.2) is 12.2 Å². The van der Waals surface area contributed by atoms with Crippen LogP contribution in [0, 0.1) is 0 Å². The van der Waals surface area contributed by atoms with E-state index in [9.17, 15) is 4.39 Å². The summed E-state index contributed by atoms with van der Waals surface area (Å²) in [7, 11) is 0. The normalized spacial score (nSPS) is 14.8. The van der Waals surface area contributed by atoms with E-state index in [4.69, 9.17) is 17.3 Å². The van der Waals surface area contributed by atoms with Crippen LogP contribution >= 0.6 is 27.5 Å². The molecular formula is C12H16BrClFN. The van der Waals surface area contributed by atoms with Gasteiger partial charge in [-0.3, -0.25) is 0 Å². The zero-order chi connectivity index (χ0) is 12.2. The Bertz CT molecular complexity index is 359. The molecule has 0 aliphatic rings. The molecule has 0 radical (unpaired) electrons. The zero-order valence-electron chi connectivity index (χ0n) is 9.27. The highest BCUT2D eigenvalue weighted by Gasteiger charge is 2.28. The summed E-state index contributed by atoms with van der Waals surface area (Å²) in [6, 6.07) is 5.48. The standard InChI is InChI=1S/C12H16BrClFN/c1-2-5-12(15,8-16)7-9-3-4-10(13)6-11(9)14/h3-4,6H,2,5,7-8,16H2,1H3. The summed E-state index contributed by atoms with van der Waals surface area (Å²) in [6.45, 7) is 1.99. The molecule has 16 heavy (non-hydrogen) atoms. The van der Waals surface area contributed by atoms with Gasteiger partial charge in [-0.15, -0.1) is 0 Å². The number of nitrogens with two attached hydrogens (primary N) is 1. The van der Waals surface area contributed by atoms with E-state index in [1.165, 1.54) is 0 Å². The summed E-state index contributed by atoms with van der Waals surface area (Å²) in [6.07, 6.45) is 1.53. The molecule has 0 saturated carbocycles. The van der Waals surface area contributed by atoms with E-state index in [2.05, 4.69) is 15.9 Å². The number of halogens is 3. The largest absolute Gasteiger partial charge is 0.328 e. The van der Waals surface area contributed by atoms with E-state index in [1.54, 1.807) is 6.07 Å². The van der Waals surface area contributed by atoms with Crippen molar-refractivity contribution in [3.8, 4) is 0 Å². The van der Waals surface area contributed by atoms with Crippen LogP contribution in [0.1, 0.15) is 25.3 Å². The van der Waals surface area contributed by atoms with Gasteiger partial charge in [-0.25, -0.2) is 4.39 Å². The number of rotatable bonds is 5. The second kappa shape index (κ2) is 5.99. The van der Waals surface area contributed by atoms with Crippen LogP contribution in [0.3, 0.4) is 0 Å². The van der Waals surface area contributed by atoms with Gasteiger partial charge in [0.25, 0.3) is 0 Å². The molecule has 0 fully saturated rings. The molecule has 4 heteroatoms. The molecule has 0 bridgehead atoms.